The van der Waals surface area contributed by atoms with E-state index in [1.54, 1.807) is 0 Å². The highest BCUT2D eigenvalue weighted by molar-refractivity contribution is 6.31. The number of carbonyl (C=O) groups is 2. The molecule has 0 unspecified atom stereocenters. The van der Waals surface area contributed by atoms with Crippen LogP contribution in [-0.2, 0) is 21.4 Å². The summed E-state index contributed by atoms with van der Waals surface area (Å²) in [5, 5.41) is 18.6. The summed E-state index contributed by atoms with van der Waals surface area (Å²) in [6.07, 6.45) is 2.62. The molecule has 2 N–H and O–H groups in total. The maximum atomic E-state index is 11.2. The number of fused-ring (bicyclic) bond motifs is 1. The second-order valence-corrected chi connectivity index (χ2v) is 5.77. The predicted molar refractivity (Wildman–Crippen MR) is 75.2 cm³/mol. The third-order valence-electron chi connectivity index (χ3n) is 4.08. The fourth-order valence-corrected chi connectivity index (χ4v) is 3.48. The van der Waals surface area contributed by atoms with Crippen LogP contribution >= 0.6 is 11.6 Å². The van der Waals surface area contributed by atoms with Crippen molar-refractivity contribution in [1.29, 1.82) is 0 Å². The Kier molecular flexibility index (Phi) is 4.33. The normalized spacial score (nSPS) is 20.6. The fourth-order valence-electron chi connectivity index (χ4n) is 3.21. The van der Waals surface area contributed by atoms with Gasteiger partial charge in [-0.1, -0.05) is 23.7 Å². The predicted octanol–water partition coefficient (Wildman–Crippen LogP) is 3.25. The van der Waals surface area contributed by atoms with Crippen molar-refractivity contribution in [3.05, 3.63) is 34.3 Å². The molecule has 108 valence electrons. The van der Waals surface area contributed by atoms with Crippen LogP contribution < -0.4 is 0 Å². The van der Waals surface area contributed by atoms with Gasteiger partial charge in [0.2, 0.25) is 0 Å². The number of hydrogen-bond donors (Lipinski definition) is 2. The molecule has 0 bridgehead atoms. The molecule has 1 aliphatic carbocycles. The molecule has 0 saturated heterocycles. The van der Waals surface area contributed by atoms with Gasteiger partial charge in [-0.3, -0.25) is 9.59 Å². The van der Waals surface area contributed by atoms with Crippen LogP contribution in [0.1, 0.15) is 43.2 Å². The minimum absolute atomic E-state index is 0.0277. The van der Waals surface area contributed by atoms with E-state index in [-0.39, 0.29) is 12.8 Å². The van der Waals surface area contributed by atoms with Gasteiger partial charge in [-0.2, -0.15) is 0 Å². The van der Waals surface area contributed by atoms with Gasteiger partial charge in [0.15, 0.2) is 0 Å². The lowest BCUT2D eigenvalue weighted by atomic mass is 9.75. The summed E-state index contributed by atoms with van der Waals surface area (Å²) in [5.41, 5.74) is 1.53. The Balaban J connectivity index is 2.28. The van der Waals surface area contributed by atoms with E-state index in [0.29, 0.717) is 17.9 Å². The number of rotatable bonds is 6. The van der Waals surface area contributed by atoms with E-state index in [2.05, 4.69) is 0 Å². The van der Waals surface area contributed by atoms with Crippen LogP contribution in [0.3, 0.4) is 0 Å². The van der Waals surface area contributed by atoms with Crippen molar-refractivity contribution in [3.8, 4) is 0 Å². The van der Waals surface area contributed by atoms with Crippen molar-refractivity contribution in [3.63, 3.8) is 0 Å². The van der Waals surface area contributed by atoms with Crippen LogP contribution in [0, 0.1) is 0 Å². The van der Waals surface area contributed by atoms with Gasteiger partial charge in [0, 0.05) is 16.9 Å². The van der Waals surface area contributed by atoms with Crippen LogP contribution in [0.5, 0.6) is 0 Å². The zero-order valence-corrected chi connectivity index (χ0v) is 11.8. The molecule has 0 spiro atoms. The molecule has 20 heavy (non-hydrogen) atoms. The van der Waals surface area contributed by atoms with Gasteiger partial charge < -0.3 is 10.2 Å². The molecule has 0 fully saturated rings. The lowest BCUT2D eigenvalue weighted by Crippen LogP contribution is -2.27. The highest BCUT2D eigenvalue weighted by Crippen LogP contribution is 2.47. The van der Waals surface area contributed by atoms with E-state index in [1.807, 2.05) is 18.2 Å². The number of carboxylic acids is 2. The van der Waals surface area contributed by atoms with Gasteiger partial charge in [0.25, 0.3) is 0 Å². The van der Waals surface area contributed by atoms with E-state index in [4.69, 9.17) is 16.7 Å². The summed E-state index contributed by atoms with van der Waals surface area (Å²) < 4.78 is 0. The lowest BCUT2D eigenvalue weighted by molar-refractivity contribution is -0.138. The minimum Gasteiger partial charge on any atom is -0.481 e. The first-order valence-electron chi connectivity index (χ1n) is 6.66. The second-order valence-electron chi connectivity index (χ2n) is 5.36. The number of carboxylic acid groups (broad SMARTS) is 2. The Hall–Kier alpha value is -1.55. The highest BCUT2D eigenvalue weighted by atomic mass is 35.5. The van der Waals surface area contributed by atoms with Crippen molar-refractivity contribution in [2.24, 2.45) is 0 Å². The Bertz CT molecular complexity index is 541. The Labute approximate surface area is 122 Å². The third kappa shape index (κ3) is 2.96. The van der Waals surface area contributed by atoms with Crippen molar-refractivity contribution >= 4 is 23.5 Å². The van der Waals surface area contributed by atoms with Gasteiger partial charge in [-0.15, -0.1) is 0 Å². The zero-order chi connectivity index (χ0) is 14.8. The third-order valence-corrected chi connectivity index (χ3v) is 4.43. The first-order valence-corrected chi connectivity index (χ1v) is 7.04. The van der Waals surface area contributed by atoms with Crippen LogP contribution in [0.2, 0.25) is 5.02 Å². The first kappa shape index (κ1) is 14.9. The summed E-state index contributed by atoms with van der Waals surface area (Å²) in [7, 11) is 0. The molecular formula is C15H17ClO4. The second kappa shape index (κ2) is 5.83. The van der Waals surface area contributed by atoms with Crippen molar-refractivity contribution < 1.29 is 19.8 Å². The lowest BCUT2D eigenvalue weighted by Gasteiger charge is -2.29. The summed E-state index contributed by atoms with van der Waals surface area (Å²) in [5.74, 6) is -1.70. The molecule has 1 aromatic rings. The summed E-state index contributed by atoms with van der Waals surface area (Å²) in [6.45, 7) is 0. The van der Waals surface area contributed by atoms with Crippen molar-refractivity contribution in [1.82, 2.24) is 0 Å². The van der Waals surface area contributed by atoms with E-state index < -0.39 is 17.4 Å². The first-order chi connectivity index (χ1) is 9.44. The SMILES string of the molecule is O=C(O)CCC[C@]1(CC(=O)O)CCc2c(Cl)cccc21. The summed E-state index contributed by atoms with van der Waals surface area (Å²) in [6, 6.07) is 5.58. The zero-order valence-electron chi connectivity index (χ0n) is 11.1. The molecule has 0 saturated carbocycles. The maximum Gasteiger partial charge on any atom is 0.304 e. The fraction of sp³-hybridized carbons (Fsp3) is 0.467. The van der Waals surface area contributed by atoms with Crippen LogP contribution in [0.15, 0.2) is 18.2 Å². The molecule has 1 aliphatic rings. The monoisotopic (exact) mass is 296 g/mol. The van der Waals surface area contributed by atoms with Gasteiger partial charge >= 0.3 is 11.9 Å². The average Bonchev–Trinajstić information content (AvgIpc) is 2.69. The number of aliphatic carboxylic acids is 2. The largest absolute Gasteiger partial charge is 0.481 e. The molecule has 0 amide bonds. The van der Waals surface area contributed by atoms with Crippen LogP contribution in [-0.4, -0.2) is 22.2 Å². The molecule has 0 heterocycles. The molecule has 2 rings (SSSR count). The number of hydrogen-bond acceptors (Lipinski definition) is 2. The van der Waals surface area contributed by atoms with Crippen molar-refractivity contribution in [2.75, 3.05) is 0 Å². The molecular weight excluding hydrogens is 280 g/mol. The van der Waals surface area contributed by atoms with Gasteiger partial charge in [-0.05, 0) is 42.9 Å². The average molecular weight is 297 g/mol. The van der Waals surface area contributed by atoms with Gasteiger partial charge in [0.05, 0.1) is 6.42 Å². The molecule has 0 radical (unpaired) electrons. The van der Waals surface area contributed by atoms with Gasteiger partial charge in [-0.25, -0.2) is 0 Å². The molecule has 5 heteroatoms. The quantitative estimate of drug-likeness (QED) is 0.845. The molecule has 1 aromatic carbocycles. The topological polar surface area (TPSA) is 74.6 Å². The Morgan fingerprint density at radius 3 is 2.65 bits per heavy atom. The molecule has 1 atom stereocenters. The van der Waals surface area contributed by atoms with Gasteiger partial charge in [0.1, 0.15) is 0 Å². The Morgan fingerprint density at radius 2 is 2.00 bits per heavy atom. The Morgan fingerprint density at radius 1 is 1.25 bits per heavy atom. The van der Waals surface area contributed by atoms with Crippen LogP contribution in [0.4, 0.5) is 0 Å². The van der Waals surface area contributed by atoms with E-state index >= 15 is 0 Å². The minimum atomic E-state index is -0.854. The highest BCUT2D eigenvalue weighted by Gasteiger charge is 2.40. The summed E-state index contributed by atoms with van der Waals surface area (Å²) in [4.78, 5) is 21.9. The molecule has 4 nitrogen and oxygen atoms in total. The van der Waals surface area contributed by atoms with Crippen LogP contribution in [0.25, 0.3) is 0 Å². The van der Waals surface area contributed by atoms with Crippen molar-refractivity contribution in [2.45, 2.75) is 43.9 Å². The molecule has 0 aromatic heterocycles. The van der Waals surface area contributed by atoms with E-state index in [9.17, 15) is 14.7 Å². The number of benzene rings is 1. The number of halogens is 1. The summed E-state index contributed by atoms with van der Waals surface area (Å²) >= 11 is 6.18. The standard InChI is InChI=1S/C15H17ClO4/c16-12-4-1-3-11-10(12)6-8-15(11,9-14(19)20)7-2-5-13(17)18/h1,3-4H,2,5-9H2,(H,17,18)(H,19,20)/t15-/m1/s1. The smallest absolute Gasteiger partial charge is 0.304 e. The maximum absolute atomic E-state index is 11.2. The molecule has 0 aliphatic heterocycles. The van der Waals surface area contributed by atoms with E-state index in [0.717, 1.165) is 24.0 Å². The van der Waals surface area contributed by atoms with E-state index in [1.165, 1.54) is 0 Å².